The lowest BCUT2D eigenvalue weighted by Gasteiger charge is -2.15. The number of carbonyl (C=O) groups is 2. The van der Waals surface area contributed by atoms with Gasteiger partial charge in [0.05, 0.1) is 35.7 Å². The zero-order valence-corrected chi connectivity index (χ0v) is 15.4. The Bertz CT molecular complexity index is 1360. The summed E-state index contributed by atoms with van der Waals surface area (Å²) in [4.78, 5) is 49.0. The van der Waals surface area contributed by atoms with Crippen LogP contribution in [-0.4, -0.2) is 35.5 Å². The lowest BCUT2D eigenvalue weighted by atomic mass is 9.93. The van der Waals surface area contributed by atoms with Crippen LogP contribution in [0.25, 0.3) is 27.2 Å². The molecule has 0 amide bonds. The van der Waals surface area contributed by atoms with Gasteiger partial charge < -0.3 is 9.47 Å². The molecule has 0 aliphatic carbocycles. The standard InChI is InChI=1S/C20H14N2O7/c1-28-19(24)15(20(25)29-2)14-12-8-5-7-11-10-6-3-4-9-13(10)21(16(11)12)18(23)17(14)22(26)27/h3-9,15H,1-2H3. The van der Waals surface area contributed by atoms with Crippen molar-refractivity contribution in [3.05, 3.63) is 68.5 Å². The Labute approximate surface area is 162 Å². The molecule has 0 aliphatic heterocycles. The maximum atomic E-state index is 13.2. The van der Waals surface area contributed by atoms with Gasteiger partial charge in [0.25, 0.3) is 0 Å². The number of carbonyl (C=O) groups excluding carboxylic acids is 2. The van der Waals surface area contributed by atoms with Crippen LogP contribution in [0.1, 0.15) is 11.5 Å². The molecule has 146 valence electrons. The lowest BCUT2D eigenvalue weighted by molar-refractivity contribution is -0.387. The minimum atomic E-state index is -1.77. The molecule has 9 heteroatoms. The molecule has 0 bridgehead atoms. The van der Waals surface area contributed by atoms with Crippen LogP contribution < -0.4 is 5.56 Å². The molecule has 4 aromatic rings. The van der Waals surface area contributed by atoms with Gasteiger partial charge in [-0.05, 0) is 6.07 Å². The van der Waals surface area contributed by atoms with E-state index in [0.717, 1.165) is 14.2 Å². The Hall–Kier alpha value is -4.01. The van der Waals surface area contributed by atoms with Crippen LogP contribution in [0.4, 0.5) is 5.69 Å². The number of aromatic nitrogens is 1. The average molecular weight is 394 g/mol. The van der Waals surface area contributed by atoms with Gasteiger partial charge in [-0.2, -0.15) is 0 Å². The van der Waals surface area contributed by atoms with Crippen molar-refractivity contribution in [2.24, 2.45) is 0 Å². The first kappa shape index (κ1) is 18.4. The Balaban J connectivity index is 2.31. The van der Waals surface area contributed by atoms with E-state index in [2.05, 4.69) is 9.47 Å². The van der Waals surface area contributed by atoms with E-state index in [1.54, 1.807) is 36.4 Å². The molecule has 0 N–H and O–H groups in total. The van der Waals surface area contributed by atoms with Crippen LogP contribution in [0.5, 0.6) is 0 Å². The summed E-state index contributed by atoms with van der Waals surface area (Å²) in [6, 6.07) is 11.9. The van der Waals surface area contributed by atoms with Gasteiger partial charge >= 0.3 is 23.2 Å². The number of methoxy groups -OCH3 is 2. The fraction of sp³-hybridized carbons (Fsp3) is 0.150. The molecule has 0 unspecified atom stereocenters. The molecule has 0 aliphatic rings. The largest absolute Gasteiger partial charge is 0.468 e. The minimum absolute atomic E-state index is 0.228. The molecule has 2 heterocycles. The highest BCUT2D eigenvalue weighted by atomic mass is 16.6. The highest BCUT2D eigenvalue weighted by molar-refractivity contribution is 6.17. The molecule has 0 saturated carbocycles. The Morgan fingerprint density at radius 3 is 2.17 bits per heavy atom. The van der Waals surface area contributed by atoms with E-state index in [9.17, 15) is 24.5 Å². The van der Waals surface area contributed by atoms with Gasteiger partial charge in [0.1, 0.15) is 0 Å². The highest BCUT2D eigenvalue weighted by Crippen LogP contribution is 2.38. The number of fused-ring (bicyclic) bond motifs is 3. The Morgan fingerprint density at radius 2 is 1.55 bits per heavy atom. The van der Waals surface area contributed by atoms with Gasteiger partial charge in [0, 0.05) is 16.2 Å². The normalized spacial score (nSPS) is 11.4. The number of esters is 2. The molecule has 29 heavy (non-hydrogen) atoms. The summed E-state index contributed by atoms with van der Waals surface area (Å²) in [6.07, 6.45) is 0. The van der Waals surface area contributed by atoms with E-state index in [1.807, 2.05) is 0 Å². The number of nitrogens with zero attached hydrogens (tertiary/aromatic N) is 2. The van der Waals surface area contributed by atoms with Crippen molar-refractivity contribution in [1.29, 1.82) is 0 Å². The van der Waals surface area contributed by atoms with Crippen molar-refractivity contribution < 1.29 is 24.0 Å². The van der Waals surface area contributed by atoms with Gasteiger partial charge in [0.15, 0.2) is 5.92 Å². The summed E-state index contributed by atoms with van der Waals surface area (Å²) in [6.45, 7) is 0. The third-order valence-corrected chi connectivity index (χ3v) is 4.99. The molecule has 9 nitrogen and oxygen atoms in total. The van der Waals surface area contributed by atoms with Crippen LogP contribution in [0.2, 0.25) is 0 Å². The number of hydrogen-bond donors (Lipinski definition) is 0. The molecule has 0 fully saturated rings. The SMILES string of the molecule is COC(=O)C(C(=O)OC)c1c([N+](=O)[O-])c(=O)n2c3ccccc3c3cccc1c32. The van der Waals surface area contributed by atoms with Gasteiger partial charge in [0.2, 0.25) is 0 Å². The zero-order valence-electron chi connectivity index (χ0n) is 15.4. The quantitative estimate of drug-likeness (QED) is 0.226. The van der Waals surface area contributed by atoms with Crippen molar-refractivity contribution in [3.63, 3.8) is 0 Å². The second kappa shape index (κ2) is 6.55. The Kier molecular flexibility index (Phi) is 4.15. The molecule has 4 rings (SSSR count). The second-order valence-corrected chi connectivity index (χ2v) is 6.36. The number of ether oxygens (including phenoxy) is 2. The monoisotopic (exact) mass is 394 g/mol. The first-order valence-corrected chi connectivity index (χ1v) is 8.53. The molecular formula is C20H14N2O7. The van der Waals surface area contributed by atoms with Crippen molar-refractivity contribution >= 4 is 44.8 Å². The smallest absolute Gasteiger partial charge is 0.339 e. The van der Waals surface area contributed by atoms with E-state index in [0.29, 0.717) is 21.8 Å². The van der Waals surface area contributed by atoms with Crippen LogP contribution in [0.3, 0.4) is 0 Å². The predicted molar refractivity (Wildman–Crippen MR) is 103 cm³/mol. The number of nitro groups is 1. The summed E-state index contributed by atoms with van der Waals surface area (Å²) < 4.78 is 10.6. The summed E-state index contributed by atoms with van der Waals surface area (Å²) in [5.41, 5.74) is -1.26. The molecule has 0 atom stereocenters. The number of para-hydroxylation sites is 2. The van der Waals surface area contributed by atoms with Gasteiger partial charge in [-0.25, -0.2) is 0 Å². The fourth-order valence-corrected chi connectivity index (χ4v) is 3.83. The Morgan fingerprint density at radius 1 is 0.966 bits per heavy atom. The molecule has 2 aromatic carbocycles. The van der Waals surface area contributed by atoms with E-state index < -0.39 is 34.0 Å². The van der Waals surface area contributed by atoms with Crippen molar-refractivity contribution in [2.45, 2.75) is 5.92 Å². The first-order chi connectivity index (χ1) is 13.9. The minimum Gasteiger partial charge on any atom is -0.468 e. The maximum absolute atomic E-state index is 13.2. The zero-order chi connectivity index (χ0) is 20.9. The van der Waals surface area contributed by atoms with E-state index in [-0.39, 0.29) is 10.9 Å². The molecule has 0 radical (unpaired) electrons. The van der Waals surface area contributed by atoms with Crippen LogP contribution in [-0.2, 0) is 19.1 Å². The van der Waals surface area contributed by atoms with Gasteiger partial charge in [-0.1, -0.05) is 36.4 Å². The van der Waals surface area contributed by atoms with Crippen molar-refractivity contribution in [1.82, 2.24) is 4.40 Å². The topological polar surface area (TPSA) is 117 Å². The van der Waals surface area contributed by atoms with Gasteiger partial charge in [-0.15, -0.1) is 0 Å². The number of rotatable bonds is 4. The van der Waals surface area contributed by atoms with Crippen LogP contribution in [0, 0.1) is 10.1 Å². The fourth-order valence-electron chi connectivity index (χ4n) is 3.83. The maximum Gasteiger partial charge on any atom is 0.339 e. The lowest BCUT2D eigenvalue weighted by Crippen LogP contribution is -2.29. The van der Waals surface area contributed by atoms with Crippen molar-refractivity contribution in [3.8, 4) is 0 Å². The van der Waals surface area contributed by atoms with Crippen LogP contribution in [0.15, 0.2) is 47.3 Å². The van der Waals surface area contributed by atoms with Crippen molar-refractivity contribution in [2.75, 3.05) is 14.2 Å². The molecule has 2 aromatic heterocycles. The van der Waals surface area contributed by atoms with E-state index in [1.165, 1.54) is 10.5 Å². The highest BCUT2D eigenvalue weighted by Gasteiger charge is 2.41. The molecular weight excluding hydrogens is 380 g/mol. The molecule has 0 spiro atoms. The summed E-state index contributed by atoms with van der Waals surface area (Å²) >= 11 is 0. The number of pyridine rings is 1. The van der Waals surface area contributed by atoms with E-state index >= 15 is 0 Å². The predicted octanol–water partition coefficient (Wildman–Crippen LogP) is 2.38. The summed E-state index contributed by atoms with van der Waals surface area (Å²) in [5, 5.41) is 13.5. The number of hydrogen-bond acceptors (Lipinski definition) is 7. The van der Waals surface area contributed by atoms with Crippen LogP contribution >= 0.6 is 0 Å². The first-order valence-electron chi connectivity index (χ1n) is 8.53. The average Bonchev–Trinajstić information content (AvgIpc) is 3.06. The summed E-state index contributed by atoms with van der Waals surface area (Å²) in [7, 11) is 2.10. The molecule has 0 saturated heterocycles. The summed E-state index contributed by atoms with van der Waals surface area (Å²) in [5.74, 6) is -3.88. The third-order valence-electron chi connectivity index (χ3n) is 4.99. The number of benzene rings is 2. The third kappa shape index (κ3) is 2.44. The van der Waals surface area contributed by atoms with E-state index in [4.69, 9.17) is 0 Å². The van der Waals surface area contributed by atoms with Gasteiger partial charge in [-0.3, -0.25) is 28.9 Å². The second-order valence-electron chi connectivity index (χ2n) is 6.36.